The molecule has 0 bridgehead atoms. The van der Waals surface area contributed by atoms with Crippen LogP contribution < -0.4 is 0 Å². The number of rotatable bonds is 3. The van der Waals surface area contributed by atoms with Gasteiger partial charge in [-0.3, -0.25) is 0 Å². The highest BCUT2D eigenvalue weighted by molar-refractivity contribution is 4.61. The van der Waals surface area contributed by atoms with Crippen LogP contribution in [0.25, 0.3) is 0 Å². The van der Waals surface area contributed by atoms with Crippen LogP contribution >= 0.6 is 0 Å². The standard InChI is InChI=1S/C8H15F3/c1-6(2)4-7(3)5-8(9,10)11/h6-7H,4-5H2,1-3H3. The van der Waals surface area contributed by atoms with Crippen molar-refractivity contribution in [3.05, 3.63) is 0 Å². The average Bonchev–Trinajstić information content (AvgIpc) is 1.53. The first kappa shape index (κ1) is 10.8. The van der Waals surface area contributed by atoms with Crippen molar-refractivity contribution in [1.82, 2.24) is 0 Å². The molecular formula is C8H15F3. The zero-order valence-electron chi connectivity index (χ0n) is 7.20. The third-order valence-electron chi connectivity index (χ3n) is 1.45. The van der Waals surface area contributed by atoms with Gasteiger partial charge in [-0.05, 0) is 18.3 Å². The summed E-state index contributed by atoms with van der Waals surface area (Å²) in [5.74, 6) is 0.113. The number of hydrogen-bond acceptors (Lipinski definition) is 0. The van der Waals surface area contributed by atoms with Crippen LogP contribution in [0.2, 0.25) is 0 Å². The van der Waals surface area contributed by atoms with Gasteiger partial charge in [0.15, 0.2) is 0 Å². The van der Waals surface area contributed by atoms with E-state index in [0.717, 1.165) is 0 Å². The second-order valence-corrected chi connectivity index (χ2v) is 3.55. The summed E-state index contributed by atoms with van der Waals surface area (Å²) < 4.78 is 35.3. The second kappa shape index (κ2) is 3.98. The van der Waals surface area contributed by atoms with Crippen LogP contribution in [0.15, 0.2) is 0 Å². The molecule has 0 N–H and O–H groups in total. The first-order chi connectivity index (χ1) is 4.81. The van der Waals surface area contributed by atoms with Crippen molar-refractivity contribution in [2.45, 2.75) is 39.8 Å². The summed E-state index contributed by atoms with van der Waals surface area (Å²) in [7, 11) is 0. The maximum Gasteiger partial charge on any atom is 0.389 e. The van der Waals surface area contributed by atoms with Gasteiger partial charge in [0.1, 0.15) is 0 Å². The minimum Gasteiger partial charge on any atom is -0.171 e. The maximum absolute atomic E-state index is 11.8. The lowest BCUT2D eigenvalue weighted by molar-refractivity contribution is -0.144. The fraction of sp³-hybridized carbons (Fsp3) is 1.00. The lowest BCUT2D eigenvalue weighted by Gasteiger charge is -2.15. The highest BCUT2D eigenvalue weighted by Crippen LogP contribution is 2.27. The summed E-state index contributed by atoms with van der Waals surface area (Å²) in [6.45, 7) is 5.52. The summed E-state index contributed by atoms with van der Waals surface area (Å²) in [5, 5.41) is 0. The van der Waals surface area contributed by atoms with Gasteiger partial charge in [0.05, 0.1) is 0 Å². The van der Waals surface area contributed by atoms with Crippen molar-refractivity contribution in [3.8, 4) is 0 Å². The van der Waals surface area contributed by atoms with Crippen molar-refractivity contribution in [2.24, 2.45) is 11.8 Å². The molecule has 0 rings (SSSR count). The van der Waals surface area contributed by atoms with E-state index in [-0.39, 0.29) is 5.92 Å². The molecule has 0 radical (unpaired) electrons. The van der Waals surface area contributed by atoms with E-state index in [1.807, 2.05) is 13.8 Å². The summed E-state index contributed by atoms with van der Waals surface area (Å²) >= 11 is 0. The third-order valence-corrected chi connectivity index (χ3v) is 1.45. The van der Waals surface area contributed by atoms with E-state index in [1.54, 1.807) is 6.92 Å². The SMILES string of the molecule is CC(C)CC(C)CC(F)(F)F. The zero-order chi connectivity index (χ0) is 9.07. The van der Waals surface area contributed by atoms with Crippen molar-refractivity contribution in [1.29, 1.82) is 0 Å². The Morgan fingerprint density at radius 3 is 1.82 bits per heavy atom. The Morgan fingerprint density at radius 1 is 1.09 bits per heavy atom. The van der Waals surface area contributed by atoms with Crippen LogP contribution in [0, 0.1) is 11.8 Å². The average molecular weight is 168 g/mol. The first-order valence-corrected chi connectivity index (χ1v) is 3.88. The van der Waals surface area contributed by atoms with Gasteiger partial charge in [-0.1, -0.05) is 20.8 Å². The molecule has 0 saturated heterocycles. The van der Waals surface area contributed by atoms with E-state index < -0.39 is 12.6 Å². The molecular weight excluding hydrogens is 153 g/mol. The molecule has 11 heavy (non-hydrogen) atoms. The van der Waals surface area contributed by atoms with Gasteiger partial charge in [0, 0.05) is 6.42 Å². The smallest absolute Gasteiger partial charge is 0.171 e. The first-order valence-electron chi connectivity index (χ1n) is 3.88. The minimum atomic E-state index is -3.99. The maximum atomic E-state index is 11.8. The summed E-state index contributed by atoms with van der Waals surface area (Å²) in [6.07, 6.45) is -3.99. The molecule has 0 aromatic carbocycles. The Bertz CT molecular complexity index is 104. The molecule has 0 heterocycles. The van der Waals surface area contributed by atoms with Crippen molar-refractivity contribution >= 4 is 0 Å². The lowest BCUT2D eigenvalue weighted by Crippen LogP contribution is -2.14. The van der Waals surface area contributed by atoms with Crippen LogP contribution in [-0.4, -0.2) is 6.18 Å². The van der Waals surface area contributed by atoms with Crippen LogP contribution in [0.4, 0.5) is 13.2 Å². The predicted molar refractivity (Wildman–Crippen MR) is 39.3 cm³/mol. The summed E-state index contributed by atoms with van der Waals surface area (Å²) in [5.41, 5.74) is 0. The normalized spacial score (nSPS) is 15.5. The van der Waals surface area contributed by atoms with Gasteiger partial charge in [0.25, 0.3) is 0 Å². The van der Waals surface area contributed by atoms with Gasteiger partial charge in [-0.15, -0.1) is 0 Å². The van der Waals surface area contributed by atoms with E-state index in [0.29, 0.717) is 12.3 Å². The Labute approximate surface area is 65.8 Å². The van der Waals surface area contributed by atoms with Crippen LogP contribution in [0.1, 0.15) is 33.6 Å². The van der Waals surface area contributed by atoms with Gasteiger partial charge in [-0.2, -0.15) is 13.2 Å². The highest BCUT2D eigenvalue weighted by atomic mass is 19.4. The largest absolute Gasteiger partial charge is 0.389 e. The van der Waals surface area contributed by atoms with E-state index >= 15 is 0 Å². The molecule has 3 heteroatoms. The minimum absolute atomic E-state index is 0.241. The monoisotopic (exact) mass is 168 g/mol. The number of hydrogen-bond donors (Lipinski definition) is 0. The fourth-order valence-electron chi connectivity index (χ4n) is 1.28. The van der Waals surface area contributed by atoms with E-state index in [1.165, 1.54) is 0 Å². The molecule has 68 valence electrons. The van der Waals surface area contributed by atoms with Crippen molar-refractivity contribution in [3.63, 3.8) is 0 Å². The zero-order valence-corrected chi connectivity index (χ0v) is 7.20. The molecule has 0 fully saturated rings. The summed E-state index contributed by atoms with van der Waals surface area (Å²) in [4.78, 5) is 0. The van der Waals surface area contributed by atoms with Crippen LogP contribution in [-0.2, 0) is 0 Å². The molecule has 0 aliphatic heterocycles. The molecule has 0 amide bonds. The van der Waals surface area contributed by atoms with E-state index in [4.69, 9.17) is 0 Å². The number of halogens is 3. The molecule has 0 aromatic heterocycles. The molecule has 0 saturated carbocycles. The molecule has 0 nitrogen and oxygen atoms in total. The van der Waals surface area contributed by atoms with Gasteiger partial charge < -0.3 is 0 Å². The van der Waals surface area contributed by atoms with E-state index in [9.17, 15) is 13.2 Å². The van der Waals surface area contributed by atoms with Crippen molar-refractivity contribution in [2.75, 3.05) is 0 Å². The van der Waals surface area contributed by atoms with Crippen LogP contribution in [0.3, 0.4) is 0 Å². The van der Waals surface area contributed by atoms with Gasteiger partial charge in [0.2, 0.25) is 0 Å². The Hall–Kier alpha value is -0.210. The Balaban J connectivity index is 3.61. The third kappa shape index (κ3) is 7.69. The van der Waals surface area contributed by atoms with Gasteiger partial charge >= 0.3 is 6.18 Å². The quantitative estimate of drug-likeness (QED) is 0.603. The topological polar surface area (TPSA) is 0 Å². The second-order valence-electron chi connectivity index (χ2n) is 3.55. The molecule has 0 aromatic rings. The van der Waals surface area contributed by atoms with Gasteiger partial charge in [-0.25, -0.2) is 0 Å². The molecule has 0 spiro atoms. The Kier molecular flexibility index (Phi) is 3.90. The highest BCUT2D eigenvalue weighted by Gasteiger charge is 2.29. The Morgan fingerprint density at radius 2 is 1.55 bits per heavy atom. The van der Waals surface area contributed by atoms with E-state index in [2.05, 4.69) is 0 Å². The molecule has 1 atom stereocenters. The molecule has 1 unspecified atom stereocenters. The molecule has 0 aliphatic carbocycles. The summed E-state index contributed by atoms with van der Waals surface area (Å²) in [6, 6.07) is 0. The van der Waals surface area contributed by atoms with Crippen molar-refractivity contribution < 1.29 is 13.2 Å². The molecule has 0 aliphatic rings. The number of alkyl halides is 3. The van der Waals surface area contributed by atoms with Crippen LogP contribution in [0.5, 0.6) is 0 Å². The fourth-order valence-corrected chi connectivity index (χ4v) is 1.28. The predicted octanol–water partition coefficient (Wildman–Crippen LogP) is 3.62. The lowest BCUT2D eigenvalue weighted by atomic mass is 9.96.